The third-order valence-electron chi connectivity index (χ3n) is 3.54. The fourth-order valence-electron chi connectivity index (χ4n) is 2.54. The Morgan fingerprint density at radius 3 is 2.95 bits per heavy atom. The summed E-state index contributed by atoms with van der Waals surface area (Å²) in [4.78, 5) is 24.7. The summed E-state index contributed by atoms with van der Waals surface area (Å²) in [5.41, 5.74) is 0.653. The second-order valence-corrected chi connectivity index (χ2v) is 5.11. The van der Waals surface area contributed by atoms with Crippen molar-refractivity contribution < 1.29 is 14.7 Å². The minimum Gasteiger partial charge on any atom is -0.481 e. The number of anilines is 1. The van der Waals surface area contributed by atoms with Gasteiger partial charge in [0.05, 0.1) is 11.9 Å². The van der Waals surface area contributed by atoms with E-state index in [4.69, 9.17) is 5.11 Å². The Morgan fingerprint density at radius 2 is 2.30 bits per heavy atom. The minimum atomic E-state index is -0.816. The van der Waals surface area contributed by atoms with Crippen LogP contribution < -0.4 is 5.32 Å². The van der Waals surface area contributed by atoms with E-state index in [9.17, 15) is 9.59 Å². The fourth-order valence-corrected chi connectivity index (χ4v) is 2.54. The summed E-state index contributed by atoms with van der Waals surface area (Å²) in [7, 11) is 1.78. The zero-order chi connectivity index (χ0) is 14.5. The van der Waals surface area contributed by atoms with Gasteiger partial charge in [-0.15, -0.1) is 0 Å². The SMILES string of the molecule is Cn1cc(NC(=O)N2CCCCC2CCC(=O)O)cn1. The highest BCUT2D eigenvalue weighted by atomic mass is 16.4. The molecule has 1 aromatic heterocycles. The van der Waals surface area contributed by atoms with Crippen molar-refractivity contribution in [3.8, 4) is 0 Å². The molecule has 1 unspecified atom stereocenters. The maximum absolute atomic E-state index is 12.3. The van der Waals surface area contributed by atoms with Crippen LogP contribution in [0.4, 0.5) is 10.5 Å². The number of nitrogens with zero attached hydrogens (tertiary/aromatic N) is 3. The number of rotatable bonds is 4. The second-order valence-electron chi connectivity index (χ2n) is 5.11. The van der Waals surface area contributed by atoms with Crippen LogP contribution >= 0.6 is 0 Å². The molecule has 1 aliphatic heterocycles. The molecule has 1 aromatic rings. The molecule has 1 aliphatic rings. The van der Waals surface area contributed by atoms with Crippen LogP contribution in [0.15, 0.2) is 12.4 Å². The van der Waals surface area contributed by atoms with E-state index in [1.807, 2.05) is 0 Å². The van der Waals surface area contributed by atoms with Gasteiger partial charge in [0.25, 0.3) is 0 Å². The average molecular weight is 280 g/mol. The van der Waals surface area contributed by atoms with Crippen LogP contribution in [-0.4, -0.2) is 44.4 Å². The van der Waals surface area contributed by atoms with E-state index in [2.05, 4.69) is 10.4 Å². The molecule has 0 radical (unpaired) electrons. The molecule has 0 aromatic carbocycles. The highest BCUT2D eigenvalue weighted by molar-refractivity contribution is 5.89. The van der Waals surface area contributed by atoms with Crippen LogP contribution in [0, 0.1) is 0 Å². The lowest BCUT2D eigenvalue weighted by atomic mass is 9.98. The van der Waals surface area contributed by atoms with E-state index < -0.39 is 5.97 Å². The Balaban J connectivity index is 1.95. The summed E-state index contributed by atoms with van der Waals surface area (Å²) in [6, 6.07) is -0.162. The number of carboxylic acids is 1. The number of hydrogen-bond acceptors (Lipinski definition) is 3. The Morgan fingerprint density at radius 1 is 1.50 bits per heavy atom. The highest BCUT2D eigenvalue weighted by Crippen LogP contribution is 2.22. The molecule has 2 heterocycles. The van der Waals surface area contributed by atoms with Gasteiger partial charge in [0, 0.05) is 32.3 Å². The molecule has 0 bridgehead atoms. The first kappa shape index (κ1) is 14.4. The van der Waals surface area contributed by atoms with E-state index in [0.29, 0.717) is 18.7 Å². The second kappa shape index (κ2) is 6.40. The maximum Gasteiger partial charge on any atom is 0.322 e. The number of aliphatic carboxylic acids is 1. The molecular weight excluding hydrogens is 260 g/mol. The monoisotopic (exact) mass is 280 g/mol. The molecule has 0 saturated carbocycles. The fraction of sp³-hybridized carbons (Fsp3) is 0.615. The number of carbonyl (C=O) groups is 2. The molecule has 7 heteroatoms. The molecule has 110 valence electrons. The molecule has 2 N–H and O–H groups in total. The number of aryl methyl sites for hydroxylation is 1. The summed E-state index contributed by atoms with van der Waals surface area (Å²) >= 11 is 0. The Bertz CT molecular complexity index is 486. The number of piperidine rings is 1. The summed E-state index contributed by atoms with van der Waals surface area (Å²) < 4.78 is 1.62. The topological polar surface area (TPSA) is 87.5 Å². The zero-order valence-corrected chi connectivity index (χ0v) is 11.6. The van der Waals surface area contributed by atoms with Gasteiger partial charge in [-0.3, -0.25) is 9.48 Å². The minimum absolute atomic E-state index is 0.0107. The van der Waals surface area contributed by atoms with Crippen molar-refractivity contribution in [2.24, 2.45) is 7.05 Å². The largest absolute Gasteiger partial charge is 0.481 e. The van der Waals surface area contributed by atoms with Crippen molar-refractivity contribution >= 4 is 17.7 Å². The van der Waals surface area contributed by atoms with Crippen molar-refractivity contribution in [2.75, 3.05) is 11.9 Å². The van der Waals surface area contributed by atoms with Crippen molar-refractivity contribution in [3.05, 3.63) is 12.4 Å². The average Bonchev–Trinajstić information content (AvgIpc) is 2.82. The molecule has 1 saturated heterocycles. The van der Waals surface area contributed by atoms with Crippen molar-refractivity contribution in [1.82, 2.24) is 14.7 Å². The van der Waals surface area contributed by atoms with Crippen LogP contribution in [0.3, 0.4) is 0 Å². The number of urea groups is 1. The molecule has 2 amide bonds. The Hall–Kier alpha value is -2.05. The molecule has 1 fully saturated rings. The van der Waals surface area contributed by atoms with E-state index in [1.54, 1.807) is 29.0 Å². The van der Waals surface area contributed by atoms with Gasteiger partial charge in [0.1, 0.15) is 0 Å². The summed E-state index contributed by atoms with van der Waals surface area (Å²) in [5, 5.41) is 15.6. The lowest BCUT2D eigenvalue weighted by Crippen LogP contribution is -2.46. The van der Waals surface area contributed by atoms with Crippen molar-refractivity contribution in [2.45, 2.75) is 38.1 Å². The predicted molar refractivity (Wildman–Crippen MR) is 73.4 cm³/mol. The lowest BCUT2D eigenvalue weighted by Gasteiger charge is -2.35. The summed E-state index contributed by atoms with van der Waals surface area (Å²) in [5.74, 6) is -0.816. The predicted octanol–water partition coefficient (Wildman–Crippen LogP) is 1.67. The first-order chi connectivity index (χ1) is 9.56. The Labute approximate surface area is 117 Å². The zero-order valence-electron chi connectivity index (χ0n) is 11.6. The number of amides is 2. The van der Waals surface area contributed by atoms with Crippen LogP contribution in [-0.2, 0) is 11.8 Å². The van der Waals surface area contributed by atoms with Crippen molar-refractivity contribution in [1.29, 1.82) is 0 Å². The highest BCUT2D eigenvalue weighted by Gasteiger charge is 2.27. The van der Waals surface area contributed by atoms with Crippen LogP contribution in [0.1, 0.15) is 32.1 Å². The van der Waals surface area contributed by atoms with Crippen LogP contribution in [0.2, 0.25) is 0 Å². The smallest absolute Gasteiger partial charge is 0.322 e. The summed E-state index contributed by atoms with van der Waals surface area (Å²) in [6.45, 7) is 0.677. The Kier molecular flexibility index (Phi) is 4.60. The van der Waals surface area contributed by atoms with E-state index in [1.165, 1.54) is 0 Å². The van der Waals surface area contributed by atoms with Gasteiger partial charge in [-0.05, 0) is 25.7 Å². The first-order valence-corrected chi connectivity index (χ1v) is 6.84. The molecule has 7 nitrogen and oxygen atoms in total. The molecule has 1 atom stereocenters. The van der Waals surface area contributed by atoms with Crippen LogP contribution in [0.25, 0.3) is 0 Å². The third-order valence-corrected chi connectivity index (χ3v) is 3.54. The number of likely N-dealkylation sites (tertiary alicyclic amines) is 1. The number of carbonyl (C=O) groups excluding carboxylic acids is 1. The van der Waals surface area contributed by atoms with E-state index in [0.717, 1.165) is 19.3 Å². The quantitative estimate of drug-likeness (QED) is 0.878. The lowest BCUT2D eigenvalue weighted by molar-refractivity contribution is -0.137. The third kappa shape index (κ3) is 3.72. The molecule has 0 spiro atoms. The van der Waals surface area contributed by atoms with Gasteiger partial charge in [-0.1, -0.05) is 0 Å². The van der Waals surface area contributed by atoms with Gasteiger partial charge >= 0.3 is 12.0 Å². The van der Waals surface area contributed by atoms with Crippen LogP contribution in [0.5, 0.6) is 0 Å². The number of nitrogens with one attached hydrogen (secondary N) is 1. The van der Waals surface area contributed by atoms with Gasteiger partial charge in [-0.25, -0.2) is 4.79 Å². The van der Waals surface area contributed by atoms with Gasteiger partial charge < -0.3 is 15.3 Å². The molecule has 0 aliphatic carbocycles. The van der Waals surface area contributed by atoms with Gasteiger partial charge in [-0.2, -0.15) is 5.10 Å². The number of aromatic nitrogens is 2. The van der Waals surface area contributed by atoms with Crippen molar-refractivity contribution in [3.63, 3.8) is 0 Å². The molecular formula is C13H20N4O3. The van der Waals surface area contributed by atoms with Gasteiger partial charge in [0.15, 0.2) is 0 Å². The molecule has 20 heavy (non-hydrogen) atoms. The number of carboxylic acid groups (broad SMARTS) is 1. The van der Waals surface area contributed by atoms with E-state index in [-0.39, 0.29) is 18.5 Å². The van der Waals surface area contributed by atoms with Gasteiger partial charge in [0.2, 0.25) is 0 Å². The van der Waals surface area contributed by atoms with E-state index >= 15 is 0 Å². The number of hydrogen-bond donors (Lipinski definition) is 2. The maximum atomic E-state index is 12.3. The first-order valence-electron chi connectivity index (χ1n) is 6.84. The normalized spacial score (nSPS) is 18.9. The summed E-state index contributed by atoms with van der Waals surface area (Å²) in [6.07, 6.45) is 6.80. The standard InChI is InChI=1S/C13H20N4O3/c1-16-9-10(8-14-16)15-13(20)17-7-3-2-4-11(17)5-6-12(18)19/h8-9,11H,2-7H2,1H3,(H,15,20)(H,18,19). The molecule has 2 rings (SSSR count).